The first-order valence-corrected chi connectivity index (χ1v) is 9.92. The zero-order chi connectivity index (χ0) is 20.9. The van der Waals surface area contributed by atoms with Crippen molar-refractivity contribution in [1.82, 2.24) is 9.97 Å². The van der Waals surface area contributed by atoms with Gasteiger partial charge in [-0.25, -0.2) is 9.78 Å². The summed E-state index contributed by atoms with van der Waals surface area (Å²) in [5.41, 5.74) is 3.09. The van der Waals surface area contributed by atoms with E-state index >= 15 is 0 Å². The molecule has 4 rings (SSSR count). The fraction of sp³-hybridized carbons (Fsp3) is 0.0435. The van der Waals surface area contributed by atoms with Gasteiger partial charge in [-0.2, -0.15) is 0 Å². The Balaban J connectivity index is 1.55. The molecule has 0 saturated carbocycles. The molecule has 2 aromatic carbocycles. The second-order valence-electron chi connectivity index (χ2n) is 6.44. The van der Waals surface area contributed by atoms with Crippen molar-refractivity contribution in [3.63, 3.8) is 0 Å². The Bertz CT molecular complexity index is 1210. The first-order valence-electron chi connectivity index (χ1n) is 9.13. The van der Waals surface area contributed by atoms with Crippen molar-refractivity contribution >= 4 is 44.4 Å². The maximum atomic E-state index is 12.8. The lowest BCUT2D eigenvalue weighted by molar-refractivity contribution is -0.119. The van der Waals surface area contributed by atoms with E-state index in [4.69, 9.17) is 4.74 Å². The van der Waals surface area contributed by atoms with Crippen LogP contribution in [0, 0.1) is 0 Å². The smallest absolute Gasteiger partial charge is 0.339 e. The monoisotopic (exact) mass is 461 g/mol. The normalized spacial score (nSPS) is 10.6. The number of hydrogen-bond donors (Lipinski definition) is 1. The molecular weight excluding hydrogens is 446 g/mol. The van der Waals surface area contributed by atoms with Crippen LogP contribution in [0.5, 0.6) is 0 Å². The van der Waals surface area contributed by atoms with Crippen molar-refractivity contribution < 1.29 is 14.3 Å². The third-order valence-corrected chi connectivity index (χ3v) is 4.90. The molecule has 0 radical (unpaired) electrons. The van der Waals surface area contributed by atoms with E-state index in [0.717, 1.165) is 10.0 Å². The molecule has 0 aliphatic carbocycles. The molecule has 148 valence electrons. The number of fused-ring (bicyclic) bond motifs is 1. The molecule has 4 aromatic rings. The van der Waals surface area contributed by atoms with E-state index in [9.17, 15) is 9.59 Å². The van der Waals surface area contributed by atoms with Gasteiger partial charge in [0.05, 0.1) is 16.8 Å². The minimum Gasteiger partial charge on any atom is -0.452 e. The number of amides is 1. The highest BCUT2D eigenvalue weighted by Gasteiger charge is 2.16. The van der Waals surface area contributed by atoms with Crippen LogP contribution >= 0.6 is 15.9 Å². The van der Waals surface area contributed by atoms with Crippen molar-refractivity contribution in [2.45, 2.75) is 0 Å². The average molecular weight is 462 g/mol. The van der Waals surface area contributed by atoms with Gasteiger partial charge in [0.1, 0.15) is 0 Å². The number of benzene rings is 2. The number of para-hydroxylation sites is 1. The number of anilines is 1. The molecule has 0 aliphatic heterocycles. The average Bonchev–Trinajstić information content (AvgIpc) is 2.79. The summed E-state index contributed by atoms with van der Waals surface area (Å²) in [4.78, 5) is 33.6. The number of nitrogens with zero attached hydrogens (tertiary/aromatic N) is 2. The first kappa shape index (κ1) is 19.7. The fourth-order valence-electron chi connectivity index (χ4n) is 2.95. The SMILES string of the molecule is O=C(COC(=O)c1cc(-c2ccncc2)nc2ccccc12)Nc1ccc(Br)cc1. The molecule has 30 heavy (non-hydrogen) atoms. The van der Waals surface area contributed by atoms with E-state index in [2.05, 4.69) is 31.2 Å². The number of pyridine rings is 2. The van der Waals surface area contributed by atoms with Crippen LogP contribution in [0.4, 0.5) is 5.69 Å². The Morgan fingerprint density at radius 3 is 2.47 bits per heavy atom. The van der Waals surface area contributed by atoms with Gasteiger partial charge in [0.15, 0.2) is 6.61 Å². The largest absolute Gasteiger partial charge is 0.452 e. The fourth-order valence-corrected chi connectivity index (χ4v) is 3.22. The molecule has 7 heteroatoms. The molecule has 0 bridgehead atoms. The van der Waals surface area contributed by atoms with E-state index < -0.39 is 18.5 Å². The predicted molar refractivity (Wildman–Crippen MR) is 118 cm³/mol. The maximum absolute atomic E-state index is 12.8. The van der Waals surface area contributed by atoms with Crippen LogP contribution in [0.2, 0.25) is 0 Å². The van der Waals surface area contributed by atoms with Crippen LogP contribution in [-0.2, 0) is 9.53 Å². The number of carbonyl (C=O) groups is 2. The highest BCUT2D eigenvalue weighted by molar-refractivity contribution is 9.10. The quantitative estimate of drug-likeness (QED) is 0.429. The highest BCUT2D eigenvalue weighted by Crippen LogP contribution is 2.25. The van der Waals surface area contributed by atoms with Crippen LogP contribution < -0.4 is 5.32 Å². The van der Waals surface area contributed by atoms with E-state index in [0.29, 0.717) is 27.8 Å². The number of ether oxygens (including phenoxy) is 1. The number of hydrogen-bond acceptors (Lipinski definition) is 5. The summed E-state index contributed by atoms with van der Waals surface area (Å²) in [7, 11) is 0. The summed E-state index contributed by atoms with van der Waals surface area (Å²) in [5.74, 6) is -1.01. The highest BCUT2D eigenvalue weighted by atomic mass is 79.9. The zero-order valence-corrected chi connectivity index (χ0v) is 17.3. The Morgan fingerprint density at radius 2 is 1.70 bits per heavy atom. The van der Waals surface area contributed by atoms with Crippen LogP contribution in [-0.4, -0.2) is 28.5 Å². The van der Waals surface area contributed by atoms with E-state index in [-0.39, 0.29) is 0 Å². The molecular formula is C23H16BrN3O3. The van der Waals surface area contributed by atoms with Gasteiger partial charge in [-0.1, -0.05) is 34.1 Å². The molecule has 1 amide bonds. The Hall–Kier alpha value is -3.58. The Kier molecular flexibility index (Phi) is 5.81. The standard InChI is InChI=1S/C23H16BrN3O3/c24-16-5-7-17(8-6-16)26-22(28)14-30-23(29)19-13-21(15-9-11-25-12-10-15)27-20-4-2-1-3-18(19)20/h1-13H,14H2,(H,26,28). The third kappa shape index (κ3) is 4.52. The van der Waals surface area contributed by atoms with E-state index in [1.54, 1.807) is 36.7 Å². The van der Waals surface area contributed by atoms with Gasteiger partial charge in [-0.3, -0.25) is 9.78 Å². The molecule has 0 atom stereocenters. The third-order valence-electron chi connectivity index (χ3n) is 4.37. The van der Waals surface area contributed by atoms with Crippen LogP contribution in [0.1, 0.15) is 10.4 Å². The van der Waals surface area contributed by atoms with Crippen molar-refractivity contribution in [3.05, 3.63) is 89.2 Å². The molecule has 0 fully saturated rings. The predicted octanol–water partition coefficient (Wildman–Crippen LogP) is 4.85. The van der Waals surface area contributed by atoms with Gasteiger partial charge in [0.2, 0.25) is 0 Å². The topological polar surface area (TPSA) is 81.2 Å². The molecule has 0 spiro atoms. The lowest BCUT2D eigenvalue weighted by Crippen LogP contribution is -2.21. The number of aromatic nitrogens is 2. The summed E-state index contributed by atoms with van der Waals surface area (Å²) in [6.07, 6.45) is 3.33. The number of carbonyl (C=O) groups excluding carboxylic acids is 2. The van der Waals surface area contributed by atoms with Gasteiger partial charge in [-0.15, -0.1) is 0 Å². The Morgan fingerprint density at radius 1 is 0.967 bits per heavy atom. The molecule has 0 saturated heterocycles. The molecule has 0 aliphatic rings. The second kappa shape index (κ2) is 8.84. The lowest BCUT2D eigenvalue weighted by Gasteiger charge is -2.10. The Labute approximate surface area is 181 Å². The van der Waals surface area contributed by atoms with Gasteiger partial charge in [-0.05, 0) is 48.5 Å². The van der Waals surface area contributed by atoms with Gasteiger partial charge < -0.3 is 10.1 Å². The molecule has 2 heterocycles. The number of halogens is 1. The summed E-state index contributed by atoms with van der Waals surface area (Å²) < 4.78 is 6.19. The van der Waals surface area contributed by atoms with Crippen molar-refractivity contribution in [1.29, 1.82) is 0 Å². The minimum atomic E-state index is -0.588. The van der Waals surface area contributed by atoms with Gasteiger partial charge in [0.25, 0.3) is 5.91 Å². The van der Waals surface area contributed by atoms with Crippen LogP contribution in [0.3, 0.4) is 0 Å². The first-order chi connectivity index (χ1) is 14.6. The maximum Gasteiger partial charge on any atom is 0.339 e. The van der Waals surface area contributed by atoms with Crippen molar-refractivity contribution in [2.75, 3.05) is 11.9 Å². The summed E-state index contributed by atoms with van der Waals surface area (Å²) in [6, 6.07) is 19.7. The second-order valence-corrected chi connectivity index (χ2v) is 7.35. The van der Waals surface area contributed by atoms with Gasteiger partial charge >= 0.3 is 5.97 Å². The van der Waals surface area contributed by atoms with Crippen molar-refractivity contribution in [2.24, 2.45) is 0 Å². The summed E-state index contributed by atoms with van der Waals surface area (Å²) in [6.45, 7) is -0.393. The lowest BCUT2D eigenvalue weighted by atomic mass is 10.0. The number of esters is 1. The molecule has 0 unspecified atom stereocenters. The zero-order valence-electron chi connectivity index (χ0n) is 15.7. The minimum absolute atomic E-state index is 0.351. The number of rotatable bonds is 5. The molecule has 2 aromatic heterocycles. The molecule has 6 nitrogen and oxygen atoms in total. The summed E-state index contributed by atoms with van der Waals surface area (Å²) >= 11 is 3.34. The molecule has 1 N–H and O–H groups in total. The summed E-state index contributed by atoms with van der Waals surface area (Å²) in [5, 5.41) is 3.35. The number of nitrogens with one attached hydrogen (secondary N) is 1. The van der Waals surface area contributed by atoms with Crippen molar-refractivity contribution in [3.8, 4) is 11.3 Å². The van der Waals surface area contributed by atoms with Gasteiger partial charge in [0, 0.05) is 33.5 Å². The van der Waals surface area contributed by atoms with E-state index in [1.807, 2.05) is 42.5 Å². The van der Waals surface area contributed by atoms with Crippen LogP contribution in [0.25, 0.3) is 22.2 Å². The van der Waals surface area contributed by atoms with E-state index in [1.165, 1.54) is 0 Å². The van der Waals surface area contributed by atoms with Crippen LogP contribution in [0.15, 0.2) is 83.6 Å².